The molecule has 0 atom stereocenters. The summed E-state index contributed by atoms with van der Waals surface area (Å²) in [6, 6.07) is 7.63. The maximum absolute atomic E-state index is 5.43. The van der Waals surface area contributed by atoms with Crippen LogP contribution in [0.1, 0.15) is 0 Å². The average molecular weight is 148 g/mol. The third-order valence-corrected chi connectivity index (χ3v) is 1.48. The third-order valence-electron chi connectivity index (χ3n) is 1.48. The first kappa shape index (κ1) is 6.09. The zero-order valence-electron chi connectivity index (χ0n) is 5.87. The van der Waals surface area contributed by atoms with Crippen LogP contribution in [0.15, 0.2) is 36.3 Å². The molecule has 1 aromatic rings. The van der Waals surface area contributed by atoms with Crippen molar-refractivity contribution in [2.24, 2.45) is 5.73 Å². The van der Waals surface area contributed by atoms with Gasteiger partial charge in [-0.25, -0.2) is 0 Å². The van der Waals surface area contributed by atoms with Gasteiger partial charge < -0.3 is 15.8 Å². The molecular weight excluding hydrogens is 140 g/mol. The summed E-state index contributed by atoms with van der Waals surface area (Å²) in [7, 11) is 0. The molecule has 1 aliphatic heterocycles. The van der Waals surface area contributed by atoms with Crippen molar-refractivity contribution in [1.29, 1.82) is 0 Å². The normalized spacial score (nSPS) is 14.0. The quantitative estimate of drug-likeness (QED) is 0.582. The number of rotatable bonds is 0. The van der Waals surface area contributed by atoms with E-state index in [1.54, 1.807) is 6.20 Å². The molecule has 1 heterocycles. The minimum absolute atomic E-state index is 0.392. The van der Waals surface area contributed by atoms with Crippen LogP contribution in [0.5, 0.6) is 5.75 Å². The summed E-state index contributed by atoms with van der Waals surface area (Å²) < 4.78 is 5.21. The Labute approximate surface area is 64.5 Å². The van der Waals surface area contributed by atoms with Gasteiger partial charge in [0.1, 0.15) is 0 Å². The van der Waals surface area contributed by atoms with E-state index >= 15 is 0 Å². The monoisotopic (exact) mass is 148 g/mol. The molecule has 1 aliphatic rings. The van der Waals surface area contributed by atoms with Crippen molar-refractivity contribution in [3.63, 3.8) is 0 Å². The smallest absolute Gasteiger partial charge is 0.207 e. The Morgan fingerprint density at radius 2 is 2.09 bits per heavy atom. The largest absolute Gasteiger partial charge is 0.438 e. The molecule has 11 heavy (non-hydrogen) atoms. The second kappa shape index (κ2) is 2.20. The van der Waals surface area contributed by atoms with Gasteiger partial charge in [-0.15, -0.1) is 0 Å². The second-order valence-corrected chi connectivity index (χ2v) is 2.29. The lowest BCUT2D eigenvalue weighted by atomic mass is 10.3. The van der Waals surface area contributed by atoms with Gasteiger partial charge in [-0.2, -0.15) is 0 Å². The highest BCUT2D eigenvalue weighted by atomic mass is 16.5. The molecule has 3 nitrogen and oxygen atoms in total. The number of nitrogens with one attached hydrogen (secondary N) is 1. The fourth-order valence-electron chi connectivity index (χ4n) is 0.980. The Hall–Kier alpha value is -1.64. The van der Waals surface area contributed by atoms with Crippen molar-refractivity contribution in [3.05, 3.63) is 36.3 Å². The molecule has 3 heteroatoms. The summed E-state index contributed by atoms with van der Waals surface area (Å²) >= 11 is 0. The van der Waals surface area contributed by atoms with Gasteiger partial charge in [0.15, 0.2) is 5.75 Å². The first-order valence-electron chi connectivity index (χ1n) is 3.35. The first-order valence-corrected chi connectivity index (χ1v) is 3.35. The molecule has 3 N–H and O–H groups in total. The van der Waals surface area contributed by atoms with Crippen LogP contribution in [0.3, 0.4) is 0 Å². The van der Waals surface area contributed by atoms with Crippen molar-refractivity contribution in [2.45, 2.75) is 0 Å². The lowest BCUT2D eigenvalue weighted by Crippen LogP contribution is -2.13. The van der Waals surface area contributed by atoms with E-state index in [1.807, 2.05) is 24.3 Å². The van der Waals surface area contributed by atoms with Crippen molar-refractivity contribution >= 4 is 5.69 Å². The topological polar surface area (TPSA) is 47.3 Å². The Kier molecular flexibility index (Phi) is 1.22. The lowest BCUT2D eigenvalue weighted by Gasteiger charge is -2.15. The number of nitrogens with two attached hydrogens (primary N) is 1. The van der Waals surface area contributed by atoms with Crippen molar-refractivity contribution in [1.82, 2.24) is 0 Å². The van der Waals surface area contributed by atoms with Crippen LogP contribution in [0.4, 0.5) is 5.69 Å². The van der Waals surface area contributed by atoms with Crippen LogP contribution < -0.4 is 15.8 Å². The molecule has 0 spiro atoms. The zero-order chi connectivity index (χ0) is 7.68. The highest BCUT2D eigenvalue weighted by Gasteiger charge is 2.06. The van der Waals surface area contributed by atoms with Gasteiger partial charge in [0, 0.05) is 0 Å². The van der Waals surface area contributed by atoms with Gasteiger partial charge in [-0.3, -0.25) is 0 Å². The first-order chi connectivity index (χ1) is 5.36. The van der Waals surface area contributed by atoms with Crippen LogP contribution >= 0.6 is 0 Å². The van der Waals surface area contributed by atoms with Crippen molar-refractivity contribution in [3.8, 4) is 5.75 Å². The number of fused-ring (bicyclic) bond motifs is 1. The van der Waals surface area contributed by atoms with Crippen LogP contribution in [0, 0.1) is 0 Å². The van der Waals surface area contributed by atoms with Gasteiger partial charge in [0.25, 0.3) is 0 Å². The van der Waals surface area contributed by atoms with Crippen LogP contribution in [-0.4, -0.2) is 0 Å². The van der Waals surface area contributed by atoms with Crippen molar-refractivity contribution < 1.29 is 4.74 Å². The van der Waals surface area contributed by atoms with E-state index in [0.717, 1.165) is 11.4 Å². The maximum Gasteiger partial charge on any atom is 0.207 e. The minimum Gasteiger partial charge on any atom is -0.438 e. The van der Waals surface area contributed by atoms with Gasteiger partial charge in [-0.05, 0) is 12.1 Å². The van der Waals surface area contributed by atoms with E-state index < -0.39 is 0 Å². The number of hydrogen-bond donors (Lipinski definition) is 2. The Bertz CT molecular complexity index is 307. The fourth-order valence-corrected chi connectivity index (χ4v) is 0.980. The van der Waals surface area contributed by atoms with Gasteiger partial charge in [0.2, 0.25) is 5.88 Å². The zero-order valence-corrected chi connectivity index (χ0v) is 5.87. The summed E-state index contributed by atoms with van der Waals surface area (Å²) in [5, 5.41) is 3.00. The molecule has 0 bridgehead atoms. The molecule has 0 amide bonds. The standard InChI is InChI=1S/C8H8N2O/c9-8-5-10-6-3-1-2-4-7(6)11-8/h1-5,10H,9H2. The molecule has 56 valence electrons. The van der Waals surface area contributed by atoms with E-state index in [4.69, 9.17) is 10.5 Å². The lowest BCUT2D eigenvalue weighted by molar-refractivity contribution is 0.415. The summed E-state index contributed by atoms with van der Waals surface area (Å²) in [6.45, 7) is 0. The molecule has 1 aromatic carbocycles. The Morgan fingerprint density at radius 1 is 1.27 bits per heavy atom. The fraction of sp³-hybridized carbons (Fsp3) is 0. The van der Waals surface area contributed by atoms with Crippen LogP contribution in [-0.2, 0) is 0 Å². The Balaban J connectivity index is 2.42. The maximum atomic E-state index is 5.43. The van der Waals surface area contributed by atoms with Gasteiger partial charge in [-0.1, -0.05) is 12.1 Å². The van der Waals surface area contributed by atoms with Gasteiger partial charge in [0.05, 0.1) is 11.9 Å². The van der Waals surface area contributed by atoms with E-state index in [0.29, 0.717) is 5.88 Å². The van der Waals surface area contributed by atoms with E-state index in [2.05, 4.69) is 5.32 Å². The minimum atomic E-state index is 0.392. The molecule has 0 saturated carbocycles. The number of benzene rings is 1. The molecule has 0 fully saturated rings. The number of para-hydroxylation sites is 2. The predicted octanol–water partition coefficient (Wildman–Crippen LogP) is 1.25. The molecule has 2 rings (SSSR count). The Morgan fingerprint density at radius 3 is 3.00 bits per heavy atom. The van der Waals surface area contributed by atoms with Crippen LogP contribution in [0.25, 0.3) is 0 Å². The third kappa shape index (κ3) is 1.00. The SMILES string of the molecule is NC1=CNc2ccccc2O1. The number of anilines is 1. The van der Waals surface area contributed by atoms with E-state index in [9.17, 15) is 0 Å². The molecule has 0 aromatic heterocycles. The molecule has 0 unspecified atom stereocenters. The average Bonchev–Trinajstić information content (AvgIpc) is 2.04. The molecular formula is C8H8N2O. The van der Waals surface area contributed by atoms with Gasteiger partial charge >= 0.3 is 0 Å². The van der Waals surface area contributed by atoms with Crippen molar-refractivity contribution in [2.75, 3.05) is 5.32 Å². The summed E-state index contributed by atoms with van der Waals surface area (Å²) in [6.07, 6.45) is 1.63. The summed E-state index contributed by atoms with van der Waals surface area (Å²) in [5.41, 5.74) is 6.37. The molecule has 0 radical (unpaired) electrons. The van der Waals surface area contributed by atoms with E-state index in [-0.39, 0.29) is 0 Å². The van der Waals surface area contributed by atoms with E-state index in [1.165, 1.54) is 0 Å². The molecule has 0 saturated heterocycles. The highest BCUT2D eigenvalue weighted by molar-refractivity contribution is 5.60. The number of hydrogen-bond acceptors (Lipinski definition) is 3. The predicted molar refractivity (Wildman–Crippen MR) is 43.0 cm³/mol. The highest BCUT2D eigenvalue weighted by Crippen LogP contribution is 2.27. The van der Waals surface area contributed by atoms with Crippen LogP contribution in [0.2, 0.25) is 0 Å². The summed E-state index contributed by atoms with van der Waals surface area (Å²) in [4.78, 5) is 0. The summed E-state index contributed by atoms with van der Waals surface area (Å²) in [5.74, 6) is 1.16. The number of ether oxygens (including phenoxy) is 1. The second-order valence-electron chi connectivity index (χ2n) is 2.29. The molecule has 0 aliphatic carbocycles.